The highest BCUT2D eigenvalue weighted by Crippen LogP contribution is 2.37. The summed E-state index contributed by atoms with van der Waals surface area (Å²) >= 11 is 12.3. The van der Waals surface area contributed by atoms with Crippen LogP contribution in [0.4, 0.5) is 10.5 Å². The van der Waals surface area contributed by atoms with E-state index < -0.39 is 23.8 Å². The van der Waals surface area contributed by atoms with Gasteiger partial charge in [-0.15, -0.1) is 0 Å². The van der Waals surface area contributed by atoms with Crippen molar-refractivity contribution in [2.75, 3.05) is 25.6 Å². The Morgan fingerprint density at radius 2 is 1.82 bits per heavy atom. The lowest BCUT2D eigenvalue weighted by Crippen LogP contribution is -2.30. The van der Waals surface area contributed by atoms with Crippen molar-refractivity contribution in [3.63, 3.8) is 0 Å². The third kappa shape index (κ3) is 6.74. The molecule has 208 valence electrons. The molecule has 0 atom stereocenters. The number of rotatable bonds is 10. The molecule has 3 aromatic rings. The third-order valence-corrected chi connectivity index (χ3v) is 5.98. The predicted molar refractivity (Wildman–Crippen MR) is 145 cm³/mol. The normalized spacial score (nSPS) is 13.8. The molecule has 40 heavy (non-hydrogen) atoms. The van der Waals surface area contributed by atoms with Gasteiger partial charge in [-0.2, -0.15) is 0 Å². The lowest BCUT2D eigenvalue weighted by atomic mass is 10.1. The van der Waals surface area contributed by atoms with E-state index in [2.05, 4.69) is 15.4 Å². The third-order valence-electron chi connectivity index (χ3n) is 5.44. The quantitative estimate of drug-likeness (QED) is 0.194. The van der Waals surface area contributed by atoms with Crippen LogP contribution in [0.2, 0.25) is 10.0 Å². The van der Waals surface area contributed by atoms with Gasteiger partial charge in [-0.1, -0.05) is 23.2 Å². The van der Waals surface area contributed by atoms with E-state index in [1.54, 1.807) is 37.3 Å². The summed E-state index contributed by atoms with van der Waals surface area (Å²) in [6.07, 6.45) is 1.42. The number of hydrogen-bond acceptors (Lipinski definition) is 8. The Balaban J connectivity index is 1.47. The van der Waals surface area contributed by atoms with Gasteiger partial charge in [0.1, 0.15) is 11.5 Å². The van der Waals surface area contributed by atoms with E-state index in [0.717, 1.165) is 4.90 Å². The van der Waals surface area contributed by atoms with Crippen molar-refractivity contribution in [2.45, 2.75) is 13.5 Å². The Hall–Kier alpha value is -4.48. The Labute approximate surface area is 238 Å². The minimum atomic E-state index is -0.680. The van der Waals surface area contributed by atoms with Crippen molar-refractivity contribution >= 4 is 58.8 Å². The average molecular weight is 588 g/mol. The number of carbonyl (C=O) groups excluding carboxylic acids is 4. The zero-order chi connectivity index (χ0) is 28.8. The SMILES string of the molecule is CCOc1cc(/C=C2\NC(=O)N(Cc3ccc(C(=O)OC)o3)C2=O)cc(Cl)c1OCC(=O)Nc1ccc(Cl)cc1. The summed E-state index contributed by atoms with van der Waals surface area (Å²) in [5.74, 6) is -1.19. The van der Waals surface area contributed by atoms with Crippen molar-refractivity contribution in [3.8, 4) is 11.5 Å². The van der Waals surface area contributed by atoms with Crippen molar-refractivity contribution in [3.05, 3.63) is 81.4 Å². The van der Waals surface area contributed by atoms with Gasteiger partial charge in [-0.25, -0.2) is 9.59 Å². The molecule has 0 unspecified atom stereocenters. The number of ether oxygens (including phenoxy) is 3. The molecule has 0 bridgehead atoms. The standard InChI is InChI=1S/C27H23Cl2N3O8/c1-3-38-22-12-15(10-19(29)24(22)39-14-23(33)30-17-6-4-16(28)5-7-17)11-20-25(34)32(27(36)31-20)13-18-8-9-21(40-18)26(35)37-2/h4-12H,3,13-14H2,1-2H3,(H,30,33)(H,31,36)/b20-11-. The van der Waals surface area contributed by atoms with Crippen LogP contribution in [0.3, 0.4) is 0 Å². The molecule has 2 aromatic carbocycles. The number of carbonyl (C=O) groups is 4. The number of benzene rings is 2. The van der Waals surface area contributed by atoms with E-state index in [1.807, 2.05) is 0 Å². The summed E-state index contributed by atoms with van der Waals surface area (Å²) in [6.45, 7) is 1.48. The van der Waals surface area contributed by atoms with Gasteiger partial charge < -0.3 is 29.3 Å². The molecular formula is C27H23Cl2N3O8. The second kappa shape index (κ2) is 12.6. The van der Waals surface area contributed by atoms with Gasteiger partial charge in [-0.3, -0.25) is 14.5 Å². The van der Waals surface area contributed by atoms with Crippen molar-refractivity contribution in [2.24, 2.45) is 0 Å². The molecule has 13 heteroatoms. The Kier molecular flexibility index (Phi) is 8.97. The van der Waals surface area contributed by atoms with E-state index in [4.69, 9.17) is 37.1 Å². The molecule has 2 N–H and O–H groups in total. The topological polar surface area (TPSA) is 136 Å². The van der Waals surface area contributed by atoms with E-state index in [0.29, 0.717) is 16.3 Å². The molecule has 0 radical (unpaired) electrons. The maximum atomic E-state index is 12.9. The smallest absolute Gasteiger partial charge is 0.373 e. The summed E-state index contributed by atoms with van der Waals surface area (Å²) in [5, 5.41) is 5.85. The summed E-state index contributed by atoms with van der Waals surface area (Å²) in [5.41, 5.74) is 0.964. The second-order valence-corrected chi connectivity index (χ2v) is 9.09. The molecule has 1 aliphatic rings. The summed E-state index contributed by atoms with van der Waals surface area (Å²) in [4.78, 5) is 50.3. The van der Waals surface area contributed by atoms with Gasteiger partial charge in [-0.05, 0) is 67.1 Å². The highest BCUT2D eigenvalue weighted by Gasteiger charge is 2.34. The van der Waals surface area contributed by atoms with Crippen LogP contribution in [-0.2, 0) is 20.9 Å². The fourth-order valence-corrected chi connectivity index (χ4v) is 4.05. The molecule has 1 aromatic heterocycles. The number of anilines is 1. The van der Waals surface area contributed by atoms with Crippen LogP contribution in [0.15, 0.2) is 58.6 Å². The van der Waals surface area contributed by atoms with Crippen LogP contribution in [0, 0.1) is 0 Å². The number of nitrogens with one attached hydrogen (secondary N) is 2. The Morgan fingerprint density at radius 1 is 1.07 bits per heavy atom. The Bertz CT molecular complexity index is 1480. The molecular weight excluding hydrogens is 565 g/mol. The van der Waals surface area contributed by atoms with Crippen LogP contribution >= 0.6 is 23.2 Å². The van der Waals surface area contributed by atoms with Crippen LogP contribution in [0.1, 0.15) is 28.8 Å². The van der Waals surface area contributed by atoms with Gasteiger partial charge in [0.05, 0.1) is 25.3 Å². The maximum absolute atomic E-state index is 12.9. The van der Waals surface area contributed by atoms with Crippen molar-refractivity contribution < 1.29 is 37.8 Å². The number of hydrogen-bond donors (Lipinski definition) is 2. The molecule has 0 spiro atoms. The number of esters is 1. The van der Waals surface area contributed by atoms with Crippen LogP contribution in [0.5, 0.6) is 11.5 Å². The Morgan fingerprint density at radius 3 is 2.52 bits per heavy atom. The molecule has 11 nitrogen and oxygen atoms in total. The first-order valence-electron chi connectivity index (χ1n) is 11.8. The lowest BCUT2D eigenvalue weighted by Gasteiger charge is -2.14. The molecule has 0 saturated carbocycles. The monoisotopic (exact) mass is 587 g/mol. The summed E-state index contributed by atoms with van der Waals surface area (Å²) in [7, 11) is 1.21. The molecule has 4 rings (SSSR count). The highest BCUT2D eigenvalue weighted by atomic mass is 35.5. The van der Waals surface area contributed by atoms with E-state index >= 15 is 0 Å². The second-order valence-electron chi connectivity index (χ2n) is 8.24. The average Bonchev–Trinajstić information content (AvgIpc) is 3.49. The van der Waals surface area contributed by atoms with Gasteiger partial charge >= 0.3 is 12.0 Å². The van der Waals surface area contributed by atoms with Crippen LogP contribution < -0.4 is 20.1 Å². The number of furan rings is 1. The van der Waals surface area contributed by atoms with Gasteiger partial charge in [0.25, 0.3) is 11.8 Å². The fraction of sp³-hybridized carbons (Fsp3) is 0.185. The number of imide groups is 1. The largest absolute Gasteiger partial charge is 0.490 e. The summed E-state index contributed by atoms with van der Waals surface area (Å²) < 4.78 is 21.2. The van der Waals surface area contributed by atoms with Crippen molar-refractivity contribution in [1.29, 1.82) is 0 Å². The molecule has 1 fully saturated rings. The maximum Gasteiger partial charge on any atom is 0.373 e. The fourth-order valence-electron chi connectivity index (χ4n) is 3.65. The van der Waals surface area contributed by atoms with Crippen LogP contribution in [-0.4, -0.2) is 49.0 Å². The molecule has 2 heterocycles. The lowest BCUT2D eigenvalue weighted by molar-refractivity contribution is -0.123. The molecule has 1 aliphatic heterocycles. The van der Waals surface area contributed by atoms with Gasteiger partial charge in [0, 0.05) is 10.7 Å². The molecule has 0 aliphatic carbocycles. The number of halogens is 2. The number of methoxy groups -OCH3 is 1. The summed E-state index contributed by atoms with van der Waals surface area (Å²) in [6, 6.07) is 11.8. The minimum absolute atomic E-state index is 0.0146. The zero-order valence-electron chi connectivity index (χ0n) is 21.3. The first kappa shape index (κ1) is 28.5. The first-order valence-corrected chi connectivity index (χ1v) is 12.6. The highest BCUT2D eigenvalue weighted by molar-refractivity contribution is 6.32. The number of urea groups is 1. The van der Waals surface area contributed by atoms with E-state index in [-0.39, 0.29) is 53.5 Å². The first-order chi connectivity index (χ1) is 19.2. The molecule has 4 amide bonds. The van der Waals surface area contributed by atoms with Gasteiger partial charge in [0.15, 0.2) is 18.1 Å². The van der Waals surface area contributed by atoms with Crippen molar-refractivity contribution in [1.82, 2.24) is 10.2 Å². The predicted octanol–water partition coefficient (Wildman–Crippen LogP) is 4.88. The van der Waals surface area contributed by atoms with Crippen LogP contribution in [0.25, 0.3) is 6.08 Å². The zero-order valence-corrected chi connectivity index (χ0v) is 22.8. The van der Waals surface area contributed by atoms with E-state index in [1.165, 1.54) is 31.4 Å². The number of amides is 4. The van der Waals surface area contributed by atoms with E-state index in [9.17, 15) is 19.2 Å². The van der Waals surface area contributed by atoms with Gasteiger partial charge in [0.2, 0.25) is 5.76 Å². The minimum Gasteiger partial charge on any atom is -0.490 e. The number of nitrogens with zero attached hydrogens (tertiary/aromatic N) is 1. The molecule has 1 saturated heterocycles.